The highest BCUT2D eigenvalue weighted by Gasteiger charge is 2.06. The molecular weight excluding hydrogens is 324 g/mol. The predicted molar refractivity (Wildman–Crippen MR) is 93.6 cm³/mol. The van der Waals surface area contributed by atoms with Gasteiger partial charge in [0, 0.05) is 11.6 Å². The van der Waals surface area contributed by atoms with Gasteiger partial charge in [-0.15, -0.1) is 0 Å². The number of nitrogens with one attached hydrogen (secondary N) is 2. The zero-order chi connectivity index (χ0) is 16.8. The number of hydrogen-bond donors (Lipinski definition) is 2. The summed E-state index contributed by atoms with van der Waals surface area (Å²) >= 11 is 1.59. The molecule has 0 aliphatic carbocycles. The molecular formula is C17H16N4O2S. The Hall–Kier alpha value is -2.93. The van der Waals surface area contributed by atoms with Crippen molar-refractivity contribution in [2.75, 3.05) is 7.11 Å². The first-order chi connectivity index (χ1) is 11.7. The number of amides is 1. The molecule has 0 aliphatic rings. The van der Waals surface area contributed by atoms with Crippen molar-refractivity contribution < 1.29 is 9.53 Å². The average molecular weight is 340 g/mol. The Morgan fingerprint density at radius 3 is 2.88 bits per heavy atom. The number of aromatic nitrogens is 3. The fourth-order valence-electron chi connectivity index (χ4n) is 2.02. The van der Waals surface area contributed by atoms with Crippen LogP contribution in [0.5, 0.6) is 5.75 Å². The lowest BCUT2D eigenvalue weighted by Gasteiger charge is -1.99. The maximum atomic E-state index is 11.8. The van der Waals surface area contributed by atoms with E-state index in [9.17, 15) is 4.79 Å². The fraction of sp³-hybridized carbons (Fsp3) is 0.118. The molecule has 0 atom stereocenters. The number of carbonyl (C=O) groups excluding carboxylic acids is 1. The summed E-state index contributed by atoms with van der Waals surface area (Å²) in [5.74, 6) is 1.77. The molecule has 3 rings (SSSR count). The highest BCUT2D eigenvalue weighted by molar-refractivity contribution is 7.08. The number of ether oxygens (including phenoxy) is 1. The van der Waals surface area contributed by atoms with E-state index < -0.39 is 0 Å². The minimum absolute atomic E-state index is 0.177. The van der Waals surface area contributed by atoms with Crippen molar-refractivity contribution in [2.45, 2.75) is 6.54 Å². The molecule has 0 saturated carbocycles. The Labute approximate surface area is 143 Å². The molecule has 1 amide bonds. The summed E-state index contributed by atoms with van der Waals surface area (Å²) < 4.78 is 5.12. The van der Waals surface area contributed by atoms with Gasteiger partial charge >= 0.3 is 0 Å². The van der Waals surface area contributed by atoms with Crippen LogP contribution in [0.1, 0.15) is 11.4 Å². The molecule has 0 spiro atoms. The van der Waals surface area contributed by atoms with Crippen molar-refractivity contribution >= 4 is 23.3 Å². The van der Waals surface area contributed by atoms with E-state index in [0.717, 1.165) is 16.9 Å². The molecule has 122 valence electrons. The van der Waals surface area contributed by atoms with Crippen LogP contribution in [-0.2, 0) is 11.3 Å². The standard InChI is InChI=1S/C17H16N4O2S/c1-23-14-5-3-13(4-6-14)17-19-15(20-21-17)10-18-16(22)7-2-12-8-9-24-11-12/h2-9,11H,10H2,1H3,(H,18,22)(H,19,20,21)/b7-2+. The molecule has 7 heteroatoms. The summed E-state index contributed by atoms with van der Waals surface area (Å²) in [6.07, 6.45) is 3.28. The Morgan fingerprint density at radius 1 is 1.33 bits per heavy atom. The van der Waals surface area contributed by atoms with Crippen LogP contribution in [0.15, 0.2) is 47.2 Å². The molecule has 3 aromatic rings. The van der Waals surface area contributed by atoms with Gasteiger partial charge in [0.25, 0.3) is 0 Å². The van der Waals surface area contributed by atoms with Gasteiger partial charge in [0.15, 0.2) is 5.82 Å². The number of nitrogens with zero attached hydrogens (tertiary/aromatic N) is 2. The summed E-state index contributed by atoms with van der Waals surface area (Å²) in [5, 5.41) is 13.7. The molecule has 2 heterocycles. The van der Waals surface area contributed by atoms with Crippen LogP contribution < -0.4 is 10.1 Å². The van der Waals surface area contributed by atoms with Crippen LogP contribution in [0.25, 0.3) is 17.5 Å². The van der Waals surface area contributed by atoms with Gasteiger partial charge in [0.2, 0.25) is 5.91 Å². The van der Waals surface area contributed by atoms with Gasteiger partial charge in [-0.25, -0.2) is 4.98 Å². The number of thiophene rings is 1. The predicted octanol–water partition coefficient (Wildman–Crippen LogP) is 2.87. The minimum atomic E-state index is -0.177. The van der Waals surface area contributed by atoms with Crippen LogP contribution >= 0.6 is 11.3 Å². The average Bonchev–Trinajstić information content (AvgIpc) is 3.30. The van der Waals surface area contributed by atoms with Crippen molar-refractivity contribution in [1.29, 1.82) is 0 Å². The smallest absolute Gasteiger partial charge is 0.244 e. The third-order valence-electron chi connectivity index (χ3n) is 3.28. The molecule has 0 saturated heterocycles. The number of carbonyl (C=O) groups is 1. The Morgan fingerprint density at radius 2 is 2.17 bits per heavy atom. The maximum Gasteiger partial charge on any atom is 0.244 e. The van der Waals surface area contributed by atoms with Crippen molar-refractivity contribution in [1.82, 2.24) is 20.5 Å². The summed E-state index contributed by atoms with van der Waals surface area (Å²) in [7, 11) is 1.62. The van der Waals surface area contributed by atoms with Gasteiger partial charge in [-0.05, 0) is 52.7 Å². The van der Waals surface area contributed by atoms with Crippen molar-refractivity contribution in [2.24, 2.45) is 0 Å². The van der Waals surface area contributed by atoms with Crippen LogP contribution in [0.4, 0.5) is 0 Å². The van der Waals surface area contributed by atoms with E-state index >= 15 is 0 Å². The van der Waals surface area contributed by atoms with E-state index in [2.05, 4.69) is 20.5 Å². The summed E-state index contributed by atoms with van der Waals surface area (Å²) in [6, 6.07) is 9.42. The van der Waals surface area contributed by atoms with Crippen LogP contribution in [0.3, 0.4) is 0 Å². The quantitative estimate of drug-likeness (QED) is 0.676. The van der Waals surface area contributed by atoms with Crippen molar-refractivity contribution in [3.05, 3.63) is 58.6 Å². The van der Waals surface area contributed by atoms with Crippen LogP contribution in [0.2, 0.25) is 0 Å². The van der Waals surface area contributed by atoms with E-state index in [4.69, 9.17) is 4.74 Å². The second kappa shape index (κ2) is 7.56. The summed E-state index contributed by atoms with van der Waals surface area (Å²) in [4.78, 5) is 16.2. The first-order valence-corrected chi connectivity index (χ1v) is 8.22. The summed E-state index contributed by atoms with van der Waals surface area (Å²) in [6.45, 7) is 0.288. The van der Waals surface area contributed by atoms with Gasteiger partial charge in [0.1, 0.15) is 11.6 Å². The molecule has 0 fully saturated rings. The molecule has 0 radical (unpaired) electrons. The lowest BCUT2D eigenvalue weighted by atomic mass is 10.2. The molecule has 0 aliphatic heterocycles. The van der Waals surface area contributed by atoms with E-state index in [0.29, 0.717) is 11.6 Å². The molecule has 0 unspecified atom stereocenters. The van der Waals surface area contributed by atoms with E-state index in [1.54, 1.807) is 24.5 Å². The highest BCUT2D eigenvalue weighted by atomic mass is 32.1. The number of rotatable bonds is 6. The highest BCUT2D eigenvalue weighted by Crippen LogP contribution is 2.18. The molecule has 0 bridgehead atoms. The van der Waals surface area contributed by atoms with E-state index in [1.807, 2.05) is 41.1 Å². The third-order valence-corrected chi connectivity index (χ3v) is 3.98. The minimum Gasteiger partial charge on any atom is -0.497 e. The molecule has 2 aromatic heterocycles. The second-order valence-corrected chi connectivity index (χ2v) is 5.72. The van der Waals surface area contributed by atoms with Crippen molar-refractivity contribution in [3.8, 4) is 17.1 Å². The first kappa shape index (κ1) is 15.9. The third kappa shape index (κ3) is 4.08. The molecule has 6 nitrogen and oxygen atoms in total. The number of aromatic amines is 1. The van der Waals surface area contributed by atoms with Crippen molar-refractivity contribution in [3.63, 3.8) is 0 Å². The Kier molecular flexibility index (Phi) is 5.02. The number of methoxy groups -OCH3 is 1. The zero-order valence-corrected chi connectivity index (χ0v) is 13.8. The maximum absolute atomic E-state index is 11.8. The van der Waals surface area contributed by atoms with Gasteiger partial charge in [-0.2, -0.15) is 16.4 Å². The van der Waals surface area contributed by atoms with E-state index in [-0.39, 0.29) is 12.5 Å². The summed E-state index contributed by atoms with van der Waals surface area (Å²) in [5.41, 5.74) is 1.89. The molecule has 2 N–H and O–H groups in total. The monoisotopic (exact) mass is 340 g/mol. The lowest BCUT2D eigenvalue weighted by molar-refractivity contribution is -0.116. The van der Waals surface area contributed by atoms with Crippen LogP contribution in [0, 0.1) is 0 Å². The second-order valence-electron chi connectivity index (χ2n) is 4.94. The number of H-pyrrole nitrogens is 1. The van der Waals surface area contributed by atoms with Gasteiger partial charge in [-0.3, -0.25) is 9.89 Å². The normalized spacial score (nSPS) is 10.9. The SMILES string of the molecule is COc1ccc(-c2n[nH]c(CNC(=O)/C=C/c3ccsc3)n2)cc1. The van der Waals surface area contributed by atoms with Crippen LogP contribution in [-0.4, -0.2) is 28.2 Å². The number of hydrogen-bond acceptors (Lipinski definition) is 5. The number of benzene rings is 1. The van der Waals surface area contributed by atoms with Gasteiger partial charge in [-0.1, -0.05) is 0 Å². The molecule has 24 heavy (non-hydrogen) atoms. The zero-order valence-electron chi connectivity index (χ0n) is 13.0. The fourth-order valence-corrected chi connectivity index (χ4v) is 2.64. The van der Waals surface area contributed by atoms with E-state index in [1.165, 1.54) is 6.08 Å². The lowest BCUT2D eigenvalue weighted by Crippen LogP contribution is -2.20. The first-order valence-electron chi connectivity index (χ1n) is 7.28. The Balaban J connectivity index is 1.56. The topological polar surface area (TPSA) is 79.9 Å². The largest absolute Gasteiger partial charge is 0.497 e. The molecule has 1 aromatic carbocycles. The van der Waals surface area contributed by atoms with Gasteiger partial charge < -0.3 is 10.1 Å². The Bertz CT molecular complexity index is 823. The van der Waals surface area contributed by atoms with Gasteiger partial charge in [0.05, 0.1) is 13.7 Å².